The van der Waals surface area contributed by atoms with Gasteiger partial charge in [0, 0.05) is 18.8 Å². The van der Waals surface area contributed by atoms with Gasteiger partial charge in [-0.15, -0.1) is 0 Å². The molecule has 1 aliphatic heterocycles. The van der Waals surface area contributed by atoms with E-state index >= 15 is 0 Å². The van der Waals surface area contributed by atoms with Crippen molar-refractivity contribution in [2.75, 3.05) is 6.61 Å². The average molecular weight is 299 g/mol. The molecule has 1 N–H and O–H groups in total. The summed E-state index contributed by atoms with van der Waals surface area (Å²) in [7, 11) is 1.86. The number of ether oxygens (including phenoxy) is 1. The number of fused-ring (bicyclic) bond motifs is 1. The average Bonchev–Trinajstić information content (AvgIpc) is 2.85. The third-order valence-corrected chi connectivity index (χ3v) is 4.20. The molecule has 5 nitrogen and oxygen atoms in total. The van der Waals surface area contributed by atoms with E-state index in [1.165, 1.54) is 0 Å². The second-order valence-corrected chi connectivity index (χ2v) is 5.69. The fourth-order valence-electron chi connectivity index (χ4n) is 2.91. The van der Waals surface area contributed by atoms with E-state index in [0.29, 0.717) is 6.61 Å². The number of rotatable bonds is 3. The van der Waals surface area contributed by atoms with E-state index < -0.39 is 0 Å². The van der Waals surface area contributed by atoms with Crippen molar-refractivity contribution in [3.8, 4) is 5.75 Å². The molecule has 0 bridgehead atoms. The van der Waals surface area contributed by atoms with Crippen molar-refractivity contribution in [1.82, 2.24) is 15.1 Å². The largest absolute Gasteiger partial charge is 0.493 e. The van der Waals surface area contributed by atoms with Crippen molar-refractivity contribution in [1.29, 1.82) is 0 Å². The Morgan fingerprint density at radius 1 is 1.41 bits per heavy atom. The number of carbonyl (C=O) groups is 1. The first-order valence-electron chi connectivity index (χ1n) is 7.67. The van der Waals surface area contributed by atoms with Crippen LogP contribution in [0, 0.1) is 0 Å². The van der Waals surface area contributed by atoms with Crippen molar-refractivity contribution in [2.24, 2.45) is 7.05 Å². The lowest BCUT2D eigenvalue weighted by molar-refractivity contribution is -0.123. The van der Waals surface area contributed by atoms with Crippen LogP contribution in [0.4, 0.5) is 0 Å². The Morgan fingerprint density at radius 3 is 3.00 bits per heavy atom. The molecule has 0 saturated carbocycles. The molecule has 22 heavy (non-hydrogen) atoms. The number of carbonyl (C=O) groups excluding carboxylic acids is 1. The third-order valence-electron chi connectivity index (χ3n) is 4.20. The van der Waals surface area contributed by atoms with Crippen LogP contribution in [0.25, 0.3) is 0 Å². The third kappa shape index (κ3) is 2.84. The van der Waals surface area contributed by atoms with Crippen LogP contribution in [-0.2, 0) is 11.8 Å². The molecular weight excluding hydrogens is 278 g/mol. The molecule has 2 heterocycles. The smallest absolute Gasteiger partial charge is 0.229 e. The van der Waals surface area contributed by atoms with Crippen LogP contribution in [0.2, 0.25) is 0 Å². The first-order chi connectivity index (χ1) is 10.7. The van der Waals surface area contributed by atoms with E-state index in [1.54, 1.807) is 10.9 Å². The van der Waals surface area contributed by atoms with Crippen LogP contribution in [0.1, 0.15) is 43.0 Å². The molecule has 1 aromatic carbocycles. The lowest BCUT2D eigenvalue weighted by Crippen LogP contribution is -2.32. The molecule has 0 radical (unpaired) electrons. The molecule has 3 rings (SSSR count). The molecule has 0 saturated heterocycles. The fraction of sp³-hybridized carbons (Fsp3) is 0.412. The van der Waals surface area contributed by atoms with Gasteiger partial charge in [0.15, 0.2) is 0 Å². The summed E-state index contributed by atoms with van der Waals surface area (Å²) in [5.41, 5.74) is 1.97. The summed E-state index contributed by atoms with van der Waals surface area (Å²) >= 11 is 0. The number of hydrogen-bond donors (Lipinski definition) is 1. The van der Waals surface area contributed by atoms with Gasteiger partial charge in [-0.25, -0.2) is 0 Å². The van der Waals surface area contributed by atoms with Gasteiger partial charge in [-0.3, -0.25) is 9.48 Å². The van der Waals surface area contributed by atoms with E-state index in [1.807, 2.05) is 44.3 Å². The van der Waals surface area contributed by atoms with Crippen LogP contribution in [-0.4, -0.2) is 22.3 Å². The molecule has 2 aromatic rings. The first kappa shape index (κ1) is 14.6. The number of benzene rings is 1. The first-order valence-corrected chi connectivity index (χ1v) is 7.67. The van der Waals surface area contributed by atoms with Crippen LogP contribution in [0.3, 0.4) is 0 Å². The highest BCUT2D eigenvalue weighted by Crippen LogP contribution is 2.31. The Morgan fingerprint density at radius 2 is 2.23 bits per heavy atom. The predicted octanol–water partition coefficient (Wildman–Crippen LogP) is 2.55. The van der Waals surface area contributed by atoms with Gasteiger partial charge in [-0.05, 0) is 31.9 Å². The van der Waals surface area contributed by atoms with E-state index in [9.17, 15) is 4.79 Å². The summed E-state index contributed by atoms with van der Waals surface area (Å²) in [6.45, 7) is 2.60. The molecule has 0 spiro atoms. The Bertz CT molecular complexity index is 665. The number of hydrogen-bond acceptors (Lipinski definition) is 3. The molecule has 2 atom stereocenters. The van der Waals surface area contributed by atoms with E-state index in [2.05, 4.69) is 10.4 Å². The van der Waals surface area contributed by atoms with Gasteiger partial charge in [-0.2, -0.15) is 5.10 Å². The molecule has 116 valence electrons. The fourth-order valence-corrected chi connectivity index (χ4v) is 2.91. The van der Waals surface area contributed by atoms with Crippen molar-refractivity contribution < 1.29 is 9.53 Å². The molecule has 0 unspecified atom stereocenters. The van der Waals surface area contributed by atoms with Gasteiger partial charge >= 0.3 is 0 Å². The van der Waals surface area contributed by atoms with Crippen LogP contribution in [0.5, 0.6) is 5.75 Å². The monoisotopic (exact) mass is 299 g/mol. The van der Waals surface area contributed by atoms with E-state index in [-0.39, 0.29) is 17.9 Å². The topological polar surface area (TPSA) is 56.1 Å². The highest BCUT2D eigenvalue weighted by molar-refractivity contribution is 5.83. The lowest BCUT2D eigenvalue weighted by Gasteiger charge is -2.21. The number of nitrogens with one attached hydrogen (secondary N) is 1. The van der Waals surface area contributed by atoms with Crippen LogP contribution >= 0.6 is 0 Å². The van der Waals surface area contributed by atoms with Gasteiger partial charge in [-0.1, -0.05) is 18.2 Å². The Hall–Kier alpha value is -2.30. The summed E-state index contributed by atoms with van der Waals surface area (Å²) in [5.74, 6) is 0.660. The zero-order chi connectivity index (χ0) is 15.5. The summed E-state index contributed by atoms with van der Waals surface area (Å²) in [6, 6.07) is 9.82. The Labute approximate surface area is 130 Å². The molecule has 1 aliphatic rings. The van der Waals surface area contributed by atoms with Crippen LogP contribution < -0.4 is 10.1 Å². The molecule has 1 aromatic heterocycles. The Balaban J connectivity index is 1.78. The van der Waals surface area contributed by atoms with Crippen molar-refractivity contribution in [3.05, 3.63) is 47.8 Å². The van der Waals surface area contributed by atoms with Crippen LogP contribution in [0.15, 0.2) is 36.5 Å². The number of aromatic nitrogens is 2. The summed E-state index contributed by atoms with van der Waals surface area (Å²) < 4.78 is 7.49. The standard InChI is InChI=1S/C17H21N3O2/c1-12(15-9-10-18-20(15)2)17(21)19-14-7-5-11-22-16-8-4-3-6-13(14)16/h3-4,6,8-10,12,14H,5,7,11H2,1-2H3,(H,19,21)/t12-,14-/m1/s1. The van der Waals surface area contributed by atoms with Crippen molar-refractivity contribution >= 4 is 5.91 Å². The molecule has 5 heteroatoms. The van der Waals surface area contributed by atoms with E-state index in [0.717, 1.165) is 29.8 Å². The SMILES string of the molecule is C[C@@H](C(=O)N[C@@H]1CCCOc2ccccc21)c1ccnn1C. The molecule has 0 aliphatic carbocycles. The normalized spacial score (nSPS) is 18.7. The zero-order valence-corrected chi connectivity index (χ0v) is 13.0. The van der Waals surface area contributed by atoms with Gasteiger partial charge < -0.3 is 10.1 Å². The van der Waals surface area contributed by atoms with Gasteiger partial charge in [0.1, 0.15) is 5.75 Å². The highest BCUT2D eigenvalue weighted by atomic mass is 16.5. The summed E-state index contributed by atoms with van der Waals surface area (Å²) in [6.07, 6.45) is 3.54. The molecule has 0 fully saturated rings. The quantitative estimate of drug-likeness (QED) is 0.947. The minimum absolute atomic E-state index is 0.00174. The predicted molar refractivity (Wildman–Crippen MR) is 83.7 cm³/mol. The summed E-state index contributed by atoms with van der Waals surface area (Å²) in [5, 5.41) is 7.30. The minimum Gasteiger partial charge on any atom is -0.493 e. The van der Waals surface area contributed by atoms with E-state index in [4.69, 9.17) is 4.74 Å². The highest BCUT2D eigenvalue weighted by Gasteiger charge is 2.25. The van der Waals surface area contributed by atoms with Gasteiger partial charge in [0.2, 0.25) is 5.91 Å². The maximum Gasteiger partial charge on any atom is 0.229 e. The molecular formula is C17H21N3O2. The number of amides is 1. The van der Waals surface area contributed by atoms with Crippen molar-refractivity contribution in [2.45, 2.75) is 31.7 Å². The lowest BCUT2D eigenvalue weighted by atomic mass is 10.00. The minimum atomic E-state index is -0.233. The number of nitrogens with zero attached hydrogens (tertiary/aromatic N) is 2. The Kier molecular flexibility index (Phi) is 4.13. The maximum atomic E-state index is 12.6. The van der Waals surface area contributed by atoms with Crippen molar-refractivity contribution in [3.63, 3.8) is 0 Å². The maximum absolute atomic E-state index is 12.6. The second kappa shape index (κ2) is 6.22. The number of aryl methyl sites for hydroxylation is 1. The number of para-hydroxylation sites is 1. The second-order valence-electron chi connectivity index (χ2n) is 5.69. The summed E-state index contributed by atoms with van der Waals surface area (Å²) in [4.78, 5) is 12.6. The van der Waals surface area contributed by atoms with Gasteiger partial charge in [0.05, 0.1) is 24.3 Å². The zero-order valence-electron chi connectivity index (χ0n) is 13.0. The van der Waals surface area contributed by atoms with Gasteiger partial charge in [0.25, 0.3) is 0 Å². The molecule has 1 amide bonds.